The van der Waals surface area contributed by atoms with Crippen LogP contribution in [0.5, 0.6) is 0 Å². The van der Waals surface area contributed by atoms with Crippen molar-refractivity contribution in [3.8, 4) is 0 Å². The summed E-state index contributed by atoms with van der Waals surface area (Å²) in [6, 6.07) is 0. The summed E-state index contributed by atoms with van der Waals surface area (Å²) < 4.78 is 16.0. The Balaban J connectivity index is 1.51. The lowest BCUT2D eigenvalue weighted by Crippen LogP contribution is -2.33. The molecule has 0 aliphatic carbocycles. The van der Waals surface area contributed by atoms with Crippen LogP contribution in [0.4, 0.5) is 0 Å². The summed E-state index contributed by atoms with van der Waals surface area (Å²) in [5.41, 5.74) is 0. The Kier molecular flexibility index (Phi) is 5.97. The Morgan fingerprint density at radius 2 is 2.26 bits per heavy atom. The van der Waals surface area contributed by atoms with Crippen molar-refractivity contribution < 1.29 is 19.0 Å². The predicted octanol–water partition coefficient (Wildman–Crippen LogP) is 0.150. The smallest absolute Gasteiger partial charge is 0.289 e. The Bertz CT molecular complexity index is 314. The standard InChI is InChI=1S/C13H22N2O4/c16-13(12-10-17-8-9-19-12)15-4-1-7-18-11-2-5-14-6-3-11/h10-11,14H,1-9H2,(H,15,16). The van der Waals surface area contributed by atoms with E-state index in [1.54, 1.807) is 0 Å². The molecule has 1 saturated heterocycles. The van der Waals surface area contributed by atoms with Crippen molar-refractivity contribution >= 4 is 5.91 Å². The molecule has 0 bridgehead atoms. The molecule has 0 unspecified atom stereocenters. The normalized spacial score (nSPS) is 20.1. The molecule has 6 heteroatoms. The van der Waals surface area contributed by atoms with Gasteiger partial charge in [-0.2, -0.15) is 0 Å². The average molecular weight is 270 g/mol. The van der Waals surface area contributed by atoms with Crippen LogP contribution in [-0.4, -0.2) is 51.5 Å². The first-order valence-corrected chi connectivity index (χ1v) is 6.91. The molecule has 19 heavy (non-hydrogen) atoms. The van der Waals surface area contributed by atoms with Gasteiger partial charge in [-0.1, -0.05) is 0 Å². The fourth-order valence-corrected chi connectivity index (χ4v) is 2.06. The Morgan fingerprint density at radius 1 is 1.42 bits per heavy atom. The van der Waals surface area contributed by atoms with Crippen LogP contribution >= 0.6 is 0 Å². The Hall–Kier alpha value is -1.27. The van der Waals surface area contributed by atoms with Crippen LogP contribution in [0.2, 0.25) is 0 Å². The molecular weight excluding hydrogens is 248 g/mol. The number of hydrogen-bond acceptors (Lipinski definition) is 5. The summed E-state index contributed by atoms with van der Waals surface area (Å²) in [5.74, 6) is 0.0343. The molecule has 0 aromatic carbocycles. The third kappa shape index (κ3) is 5.08. The zero-order valence-electron chi connectivity index (χ0n) is 11.2. The number of carbonyl (C=O) groups is 1. The van der Waals surface area contributed by atoms with Crippen molar-refractivity contribution in [2.75, 3.05) is 39.5 Å². The summed E-state index contributed by atoms with van der Waals surface area (Å²) in [5, 5.41) is 6.08. The first-order valence-electron chi connectivity index (χ1n) is 6.91. The number of amides is 1. The minimum absolute atomic E-state index is 0.221. The van der Waals surface area contributed by atoms with E-state index in [9.17, 15) is 4.79 Å². The second-order valence-corrected chi connectivity index (χ2v) is 4.63. The van der Waals surface area contributed by atoms with Gasteiger partial charge in [0.15, 0.2) is 0 Å². The maximum absolute atomic E-state index is 11.6. The summed E-state index contributed by atoms with van der Waals surface area (Å²) in [6.07, 6.45) is 4.69. The molecular formula is C13H22N2O4. The van der Waals surface area contributed by atoms with Gasteiger partial charge in [-0.3, -0.25) is 4.79 Å². The van der Waals surface area contributed by atoms with Crippen LogP contribution in [-0.2, 0) is 19.0 Å². The highest BCUT2D eigenvalue weighted by Gasteiger charge is 2.15. The van der Waals surface area contributed by atoms with E-state index in [-0.39, 0.29) is 11.7 Å². The fraction of sp³-hybridized carbons (Fsp3) is 0.769. The van der Waals surface area contributed by atoms with E-state index in [4.69, 9.17) is 14.2 Å². The van der Waals surface area contributed by atoms with E-state index in [2.05, 4.69) is 10.6 Å². The predicted molar refractivity (Wildman–Crippen MR) is 69.5 cm³/mol. The number of rotatable bonds is 6. The van der Waals surface area contributed by atoms with Crippen molar-refractivity contribution in [3.05, 3.63) is 12.0 Å². The lowest BCUT2D eigenvalue weighted by atomic mass is 10.1. The van der Waals surface area contributed by atoms with Gasteiger partial charge in [-0.05, 0) is 32.4 Å². The first kappa shape index (κ1) is 14.1. The van der Waals surface area contributed by atoms with Gasteiger partial charge in [-0.25, -0.2) is 0 Å². The quantitative estimate of drug-likeness (QED) is 0.672. The van der Waals surface area contributed by atoms with Gasteiger partial charge in [0.1, 0.15) is 19.5 Å². The van der Waals surface area contributed by atoms with Crippen LogP contribution in [0.3, 0.4) is 0 Å². The molecule has 0 aromatic heterocycles. The minimum Gasteiger partial charge on any atom is -0.494 e. The molecule has 0 spiro atoms. The van der Waals surface area contributed by atoms with Crippen LogP contribution in [0, 0.1) is 0 Å². The maximum Gasteiger partial charge on any atom is 0.289 e. The van der Waals surface area contributed by atoms with Crippen LogP contribution < -0.4 is 10.6 Å². The van der Waals surface area contributed by atoms with Gasteiger partial charge in [-0.15, -0.1) is 0 Å². The van der Waals surface area contributed by atoms with Gasteiger partial charge in [0.05, 0.1) is 6.10 Å². The minimum atomic E-state index is -0.221. The topological polar surface area (TPSA) is 68.8 Å². The molecule has 0 atom stereocenters. The van der Waals surface area contributed by atoms with E-state index >= 15 is 0 Å². The molecule has 1 amide bonds. The van der Waals surface area contributed by atoms with Gasteiger partial charge in [0, 0.05) is 13.2 Å². The van der Waals surface area contributed by atoms with E-state index in [1.807, 2.05) is 0 Å². The highest BCUT2D eigenvalue weighted by molar-refractivity contribution is 5.91. The van der Waals surface area contributed by atoms with Gasteiger partial charge >= 0.3 is 0 Å². The lowest BCUT2D eigenvalue weighted by Gasteiger charge is -2.22. The van der Waals surface area contributed by atoms with Crippen molar-refractivity contribution in [3.63, 3.8) is 0 Å². The summed E-state index contributed by atoms with van der Waals surface area (Å²) in [7, 11) is 0. The number of nitrogens with one attached hydrogen (secondary N) is 2. The molecule has 2 heterocycles. The number of hydrogen-bond donors (Lipinski definition) is 2. The zero-order chi connectivity index (χ0) is 13.3. The first-order chi connectivity index (χ1) is 9.36. The van der Waals surface area contributed by atoms with Crippen molar-refractivity contribution in [1.29, 1.82) is 0 Å². The highest BCUT2D eigenvalue weighted by atomic mass is 16.6. The molecule has 6 nitrogen and oxygen atoms in total. The largest absolute Gasteiger partial charge is 0.494 e. The van der Waals surface area contributed by atoms with Crippen molar-refractivity contribution in [2.45, 2.75) is 25.4 Å². The third-order valence-corrected chi connectivity index (χ3v) is 3.12. The Morgan fingerprint density at radius 3 is 3.00 bits per heavy atom. The molecule has 2 N–H and O–H groups in total. The summed E-state index contributed by atoms with van der Waals surface area (Å²) >= 11 is 0. The van der Waals surface area contributed by atoms with Crippen LogP contribution in [0.1, 0.15) is 19.3 Å². The Labute approximate surface area is 113 Å². The van der Waals surface area contributed by atoms with Crippen LogP contribution in [0.15, 0.2) is 12.0 Å². The molecule has 2 aliphatic heterocycles. The molecule has 2 rings (SSSR count). The maximum atomic E-state index is 11.6. The number of ether oxygens (including phenoxy) is 3. The van der Waals surface area contributed by atoms with Crippen molar-refractivity contribution in [1.82, 2.24) is 10.6 Å². The highest BCUT2D eigenvalue weighted by Crippen LogP contribution is 2.07. The molecule has 0 saturated carbocycles. The van der Waals surface area contributed by atoms with E-state index < -0.39 is 0 Å². The van der Waals surface area contributed by atoms with Gasteiger partial charge in [0.2, 0.25) is 5.76 Å². The lowest BCUT2D eigenvalue weighted by molar-refractivity contribution is -0.122. The third-order valence-electron chi connectivity index (χ3n) is 3.12. The number of piperidine rings is 1. The van der Waals surface area contributed by atoms with Gasteiger partial charge in [0.25, 0.3) is 5.91 Å². The molecule has 1 fully saturated rings. The molecule has 0 radical (unpaired) electrons. The van der Waals surface area contributed by atoms with Crippen LogP contribution in [0.25, 0.3) is 0 Å². The second-order valence-electron chi connectivity index (χ2n) is 4.63. The van der Waals surface area contributed by atoms with Crippen molar-refractivity contribution in [2.24, 2.45) is 0 Å². The fourth-order valence-electron chi connectivity index (χ4n) is 2.06. The van der Waals surface area contributed by atoms with E-state index in [0.29, 0.717) is 32.5 Å². The zero-order valence-corrected chi connectivity index (χ0v) is 11.2. The number of carbonyl (C=O) groups excluding carboxylic acids is 1. The van der Waals surface area contributed by atoms with Gasteiger partial charge < -0.3 is 24.8 Å². The van der Waals surface area contributed by atoms with E-state index in [1.165, 1.54) is 6.26 Å². The second kappa shape index (κ2) is 8.01. The monoisotopic (exact) mass is 270 g/mol. The van der Waals surface area contributed by atoms with E-state index in [0.717, 1.165) is 32.4 Å². The SMILES string of the molecule is O=C(NCCCOC1CCNCC1)C1=COCCO1. The summed E-state index contributed by atoms with van der Waals surface area (Å²) in [6.45, 7) is 4.27. The molecule has 2 aliphatic rings. The molecule has 108 valence electrons. The average Bonchev–Trinajstić information content (AvgIpc) is 2.49. The summed E-state index contributed by atoms with van der Waals surface area (Å²) in [4.78, 5) is 11.6. The molecule has 0 aromatic rings.